The Hall–Kier alpha value is -1.94. The van der Waals surface area contributed by atoms with E-state index in [9.17, 15) is 8.78 Å². The number of nitrogens with one attached hydrogen (secondary N) is 1. The number of ether oxygens (including phenoxy) is 1. The number of hydrogen-bond donors (Lipinski definition) is 1. The molecule has 0 heterocycles. The maximum absolute atomic E-state index is 13.8. The maximum atomic E-state index is 13.8. The summed E-state index contributed by atoms with van der Waals surface area (Å²) in [7, 11) is 0. The molecule has 2 nitrogen and oxygen atoms in total. The zero-order valence-corrected chi connectivity index (χ0v) is 12.2. The molecule has 21 heavy (non-hydrogen) atoms. The molecule has 4 heteroatoms. The highest BCUT2D eigenvalue weighted by molar-refractivity contribution is 5.52. The van der Waals surface area contributed by atoms with Gasteiger partial charge >= 0.3 is 0 Å². The molecule has 0 aliphatic rings. The van der Waals surface area contributed by atoms with Crippen LogP contribution >= 0.6 is 0 Å². The molecule has 0 amide bonds. The van der Waals surface area contributed by atoms with Crippen LogP contribution in [0.2, 0.25) is 0 Å². The Morgan fingerprint density at radius 1 is 1.10 bits per heavy atom. The van der Waals surface area contributed by atoms with E-state index < -0.39 is 11.6 Å². The molecule has 112 valence electrons. The van der Waals surface area contributed by atoms with Gasteiger partial charge in [-0.15, -0.1) is 0 Å². The van der Waals surface area contributed by atoms with E-state index in [4.69, 9.17) is 4.74 Å². The van der Waals surface area contributed by atoms with Crippen molar-refractivity contribution >= 4 is 5.69 Å². The predicted octanol–water partition coefficient (Wildman–Crippen LogP) is 4.67. The third-order valence-electron chi connectivity index (χ3n) is 3.30. The van der Waals surface area contributed by atoms with E-state index in [2.05, 4.69) is 5.32 Å². The lowest BCUT2D eigenvalue weighted by molar-refractivity contribution is 0.134. The Labute approximate surface area is 123 Å². The van der Waals surface area contributed by atoms with E-state index in [1.54, 1.807) is 13.0 Å². The van der Waals surface area contributed by atoms with Crippen molar-refractivity contribution in [1.29, 1.82) is 0 Å². The van der Waals surface area contributed by atoms with Crippen LogP contribution in [-0.4, -0.2) is 6.61 Å². The molecule has 1 N–H and O–H groups in total. The summed E-state index contributed by atoms with van der Waals surface area (Å²) in [5, 5.41) is 3.22. The van der Waals surface area contributed by atoms with Gasteiger partial charge in [0.15, 0.2) is 11.6 Å². The Bertz CT molecular complexity index is 601. The normalized spacial score (nSPS) is 12.2. The molecule has 0 saturated carbocycles. The second-order valence-corrected chi connectivity index (χ2v) is 4.80. The fourth-order valence-corrected chi connectivity index (χ4v) is 2.16. The van der Waals surface area contributed by atoms with Crippen LogP contribution in [0.1, 0.15) is 31.0 Å². The van der Waals surface area contributed by atoms with Gasteiger partial charge in [0.1, 0.15) is 0 Å². The molecule has 2 rings (SSSR count). The first-order valence-corrected chi connectivity index (χ1v) is 6.99. The van der Waals surface area contributed by atoms with Crippen LogP contribution in [0.3, 0.4) is 0 Å². The molecule has 0 aliphatic heterocycles. The van der Waals surface area contributed by atoms with Crippen molar-refractivity contribution < 1.29 is 13.5 Å². The Morgan fingerprint density at radius 2 is 1.86 bits per heavy atom. The highest BCUT2D eigenvalue weighted by atomic mass is 19.2. The van der Waals surface area contributed by atoms with Crippen LogP contribution in [-0.2, 0) is 11.3 Å². The minimum Gasteiger partial charge on any atom is -0.378 e. The summed E-state index contributed by atoms with van der Waals surface area (Å²) >= 11 is 0. The van der Waals surface area contributed by atoms with Crippen LogP contribution in [0.15, 0.2) is 42.5 Å². The Morgan fingerprint density at radius 3 is 2.62 bits per heavy atom. The van der Waals surface area contributed by atoms with Gasteiger partial charge in [-0.3, -0.25) is 0 Å². The van der Waals surface area contributed by atoms with Crippen LogP contribution < -0.4 is 5.32 Å². The highest BCUT2D eigenvalue weighted by Crippen LogP contribution is 2.25. The van der Waals surface area contributed by atoms with E-state index >= 15 is 0 Å². The molecule has 0 aromatic heterocycles. The van der Waals surface area contributed by atoms with E-state index in [0.717, 1.165) is 17.3 Å². The molecule has 2 aromatic rings. The van der Waals surface area contributed by atoms with Gasteiger partial charge in [-0.25, -0.2) is 8.78 Å². The lowest BCUT2D eigenvalue weighted by Gasteiger charge is -2.19. The molecule has 0 radical (unpaired) electrons. The van der Waals surface area contributed by atoms with Gasteiger partial charge in [0.25, 0.3) is 0 Å². The van der Waals surface area contributed by atoms with Gasteiger partial charge in [0.2, 0.25) is 0 Å². The second-order valence-electron chi connectivity index (χ2n) is 4.80. The standard InChI is InChI=1S/C17H19F2NO/c1-3-21-11-13-7-4-5-10-16(13)20-12(2)14-8-6-9-15(18)17(14)19/h4-10,12,20H,3,11H2,1-2H3. The van der Waals surface area contributed by atoms with E-state index in [0.29, 0.717) is 18.8 Å². The van der Waals surface area contributed by atoms with Gasteiger partial charge in [-0.1, -0.05) is 30.3 Å². The summed E-state index contributed by atoms with van der Waals surface area (Å²) in [4.78, 5) is 0. The summed E-state index contributed by atoms with van der Waals surface area (Å²) < 4.78 is 32.5. The van der Waals surface area contributed by atoms with E-state index in [-0.39, 0.29) is 6.04 Å². The lowest BCUT2D eigenvalue weighted by Crippen LogP contribution is -2.11. The van der Waals surface area contributed by atoms with Gasteiger partial charge in [-0.2, -0.15) is 0 Å². The number of para-hydroxylation sites is 1. The van der Waals surface area contributed by atoms with Crippen molar-refractivity contribution in [1.82, 2.24) is 0 Å². The summed E-state index contributed by atoms with van der Waals surface area (Å²) in [6.07, 6.45) is 0. The third kappa shape index (κ3) is 3.79. The number of halogens is 2. The van der Waals surface area contributed by atoms with Gasteiger partial charge in [0.05, 0.1) is 12.6 Å². The van der Waals surface area contributed by atoms with Crippen LogP contribution in [0.5, 0.6) is 0 Å². The van der Waals surface area contributed by atoms with Crippen molar-refractivity contribution in [2.24, 2.45) is 0 Å². The highest BCUT2D eigenvalue weighted by Gasteiger charge is 2.15. The molecular formula is C17H19F2NO. The average molecular weight is 291 g/mol. The molecule has 0 aliphatic carbocycles. The molecular weight excluding hydrogens is 272 g/mol. The number of anilines is 1. The maximum Gasteiger partial charge on any atom is 0.164 e. The summed E-state index contributed by atoms with van der Waals surface area (Å²) in [5.41, 5.74) is 2.16. The van der Waals surface area contributed by atoms with Crippen molar-refractivity contribution in [3.63, 3.8) is 0 Å². The smallest absolute Gasteiger partial charge is 0.164 e. The monoisotopic (exact) mass is 291 g/mol. The van der Waals surface area contributed by atoms with Crippen molar-refractivity contribution in [3.8, 4) is 0 Å². The molecule has 2 aromatic carbocycles. The zero-order valence-electron chi connectivity index (χ0n) is 12.2. The van der Waals surface area contributed by atoms with Crippen molar-refractivity contribution in [2.45, 2.75) is 26.5 Å². The molecule has 1 atom stereocenters. The predicted molar refractivity (Wildman–Crippen MR) is 80.2 cm³/mol. The minimum atomic E-state index is -0.830. The van der Waals surface area contributed by atoms with Gasteiger partial charge in [-0.05, 0) is 26.0 Å². The fraction of sp³-hybridized carbons (Fsp3) is 0.294. The Kier molecular flexibility index (Phi) is 5.28. The topological polar surface area (TPSA) is 21.3 Å². The average Bonchev–Trinajstić information content (AvgIpc) is 2.49. The quantitative estimate of drug-likeness (QED) is 0.834. The molecule has 0 saturated heterocycles. The van der Waals surface area contributed by atoms with Crippen LogP contribution in [0.25, 0.3) is 0 Å². The Balaban J connectivity index is 2.19. The van der Waals surface area contributed by atoms with Crippen molar-refractivity contribution in [2.75, 3.05) is 11.9 Å². The molecule has 0 spiro atoms. The minimum absolute atomic E-state index is 0.307. The lowest BCUT2D eigenvalue weighted by atomic mass is 10.1. The van der Waals surface area contributed by atoms with Crippen LogP contribution in [0, 0.1) is 11.6 Å². The summed E-state index contributed by atoms with van der Waals surface area (Å²) in [6.45, 7) is 4.84. The molecule has 0 fully saturated rings. The third-order valence-corrected chi connectivity index (χ3v) is 3.30. The number of rotatable bonds is 6. The van der Waals surface area contributed by atoms with Gasteiger partial charge < -0.3 is 10.1 Å². The molecule has 1 unspecified atom stereocenters. The largest absolute Gasteiger partial charge is 0.378 e. The fourth-order valence-electron chi connectivity index (χ4n) is 2.16. The van der Waals surface area contributed by atoms with E-state index in [1.165, 1.54) is 6.07 Å². The van der Waals surface area contributed by atoms with Crippen LogP contribution in [0.4, 0.5) is 14.5 Å². The second kappa shape index (κ2) is 7.18. The van der Waals surface area contributed by atoms with Gasteiger partial charge in [0, 0.05) is 23.4 Å². The number of benzene rings is 2. The molecule has 0 bridgehead atoms. The van der Waals surface area contributed by atoms with E-state index in [1.807, 2.05) is 31.2 Å². The zero-order chi connectivity index (χ0) is 15.2. The summed E-state index contributed by atoms with van der Waals surface area (Å²) in [6, 6.07) is 11.5. The van der Waals surface area contributed by atoms with Crippen molar-refractivity contribution in [3.05, 3.63) is 65.2 Å². The number of hydrogen-bond acceptors (Lipinski definition) is 2. The summed E-state index contributed by atoms with van der Waals surface area (Å²) in [5.74, 6) is -1.64. The SMILES string of the molecule is CCOCc1ccccc1NC(C)c1cccc(F)c1F. The first kappa shape index (κ1) is 15.4. The first-order valence-electron chi connectivity index (χ1n) is 6.99. The first-order chi connectivity index (χ1) is 10.1.